The van der Waals surface area contributed by atoms with Crippen molar-refractivity contribution in [1.82, 2.24) is 10.2 Å². The smallest absolute Gasteiger partial charge is 0.00980 e. The standard InChI is InChI=1S/C16H30N2/c1-12-8-16(2,3)9-15(12)17-10-13-6-7-18(11-13)14-4-5-14/h12-15,17H,4-11H2,1-3H3. The normalized spacial score (nSPS) is 40.5. The van der Waals surface area contributed by atoms with Crippen LogP contribution in [0.15, 0.2) is 0 Å². The second-order valence-corrected chi connectivity index (χ2v) is 7.95. The van der Waals surface area contributed by atoms with Gasteiger partial charge in [0, 0.05) is 18.6 Å². The highest BCUT2D eigenvalue weighted by molar-refractivity contribution is 4.93. The van der Waals surface area contributed by atoms with E-state index in [2.05, 4.69) is 31.0 Å². The van der Waals surface area contributed by atoms with Gasteiger partial charge in [0.25, 0.3) is 0 Å². The van der Waals surface area contributed by atoms with E-state index in [1.165, 1.54) is 51.7 Å². The highest BCUT2D eigenvalue weighted by Gasteiger charge is 2.38. The molecule has 0 bridgehead atoms. The van der Waals surface area contributed by atoms with Gasteiger partial charge in [0.05, 0.1) is 0 Å². The summed E-state index contributed by atoms with van der Waals surface area (Å²) < 4.78 is 0. The van der Waals surface area contributed by atoms with Crippen molar-refractivity contribution < 1.29 is 0 Å². The molecule has 1 saturated heterocycles. The lowest BCUT2D eigenvalue weighted by atomic mass is 9.91. The van der Waals surface area contributed by atoms with Crippen molar-refractivity contribution in [2.45, 2.75) is 65.0 Å². The van der Waals surface area contributed by atoms with E-state index in [9.17, 15) is 0 Å². The molecule has 0 aromatic heterocycles. The van der Waals surface area contributed by atoms with E-state index in [0.717, 1.165) is 23.9 Å². The van der Waals surface area contributed by atoms with Gasteiger partial charge in [-0.05, 0) is 62.4 Å². The van der Waals surface area contributed by atoms with E-state index in [1.54, 1.807) is 0 Å². The Bertz CT molecular complexity index is 295. The van der Waals surface area contributed by atoms with Gasteiger partial charge in [-0.25, -0.2) is 0 Å². The summed E-state index contributed by atoms with van der Waals surface area (Å²) in [6, 6.07) is 1.74. The van der Waals surface area contributed by atoms with Crippen molar-refractivity contribution in [3.05, 3.63) is 0 Å². The quantitative estimate of drug-likeness (QED) is 0.825. The first-order chi connectivity index (χ1) is 8.53. The highest BCUT2D eigenvalue weighted by atomic mass is 15.2. The number of likely N-dealkylation sites (tertiary alicyclic amines) is 1. The fraction of sp³-hybridized carbons (Fsp3) is 1.00. The Morgan fingerprint density at radius 2 is 1.94 bits per heavy atom. The Morgan fingerprint density at radius 1 is 1.17 bits per heavy atom. The third kappa shape index (κ3) is 2.91. The monoisotopic (exact) mass is 250 g/mol. The Kier molecular flexibility index (Phi) is 3.44. The van der Waals surface area contributed by atoms with Crippen LogP contribution in [0.25, 0.3) is 0 Å². The third-order valence-electron chi connectivity index (χ3n) is 5.38. The van der Waals surface area contributed by atoms with Crippen LogP contribution in [0.3, 0.4) is 0 Å². The molecule has 0 spiro atoms. The van der Waals surface area contributed by atoms with Gasteiger partial charge in [0.1, 0.15) is 0 Å². The van der Waals surface area contributed by atoms with Gasteiger partial charge in [0.2, 0.25) is 0 Å². The van der Waals surface area contributed by atoms with E-state index in [-0.39, 0.29) is 0 Å². The zero-order valence-electron chi connectivity index (χ0n) is 12.4. The predicted molar refractivity (Wildman–Crippen MR) is 76.7 cm³/mol. The molecule has 3 unspecified atom stereocenters. The first-order valence-corrected chi connectivity index (χ1v) is 8.01. The summed E-state index contributed by atoms with van der Waals surface area (Å²) in [4.78, 5) is 2.73. The van der Waals surface area contributed by atoms with Crippen LogP contribution in [0.2, 0.25) is 0 Å². The van der Waals surface area contributed by atoms with Crippen LogP contribution in [0.5, 0.6) is 0 Å². The summed E-state index contributed by atoms with van der Waals surface area (Å²) in [7, 11) is 0. The largest absolute Gasteiger partial charge is 0.313 e. The molecule has 2 saturated carbocycles. The maximum atomic E-state index is 3.88. The third-order valence-corrected chi connectivity index (χ3v) is 5.38. The molecule has 18 heavy (non-hydrogen) atoms. The molecule has 0 amide bonds. The molecular formula is C16H30N2. The Balaban J connectivity index is 1.42. The molecule has 1 N–H and O–H groups in total. The number of nitrogens with zero attached hydrogens (tertiary/aromatic N) is 1. The van der Waals surface area contributed by atoms with Crippen molar-refractivity contribution in [3.8, 4) is 0 Å². The van der Waals surface area contributed by atoms with Crippen LogP contribution in [-0.4, -0.2) is 36.6 Å². The lowest BCUT2D eigenvalue weighted by molar-refractivity contribution is 0.304. The molecule has 3 rings (SSSR count). The van der Waals surface area contributed by atoms with Crippen LogP contribution < -0.4 is 5.32 Å². The van der Waals surface area contributed by atoms with Gasteiger partial charge >= 0.3 is 0 Å². The molecule has 0 aromatic rings. The second-order valence-electron chi connectivity index (χ2n) is 7.95. The Hall–Kier alpha value is -0.0800. The molecule has 3 aliphatic rings. The summed E-state index contributed by atoms with van der Waals surface area (Å²) in [5.41, 5.74) is 0.562. The molecule has 1 aliphatic heterocycles. The van der Waals surface area contributed by atoms with Crippen LogP contribution in [0, 0.1) is 17.3 Å². The zero-order valence-corrected chi connectivity index (χ0v) is 12.4. The lowest BCUT2D eigenvalue weighted by Crippen LogP contribution is -2.36. The van der Waals surface area contributed by atoms with Gasteiger partial charge in [-0.15, -0.1) is 0 Å². The molecule has 2 heteroatoms. The average Bonchev–Trinajstić information content (AvgIpc) is 2.96. The van der Waals surface area contributed by atoms with Crippen LogP contribution in [-0.2, 0) is 0 Å². The van der Waals surface area contributed by atoms with Crippen molar-refractivity contribution in [2.24, 2.45) is 17.3 Å². The van der Waals surface area contributed by atoms with Crippen molar-refractivity contribution in [1.29, 1.82) is 0 Å². The van der Waals surface area contributed by atoms with E-state index in [1.807, 2.05) is 0 Å². The Morgan fingerprint density at radius 3 is 2.56 bits per heavy atom. The number of hydrogen-bond donors (Lipinski definition) is 1. The molecule has 0 radical (unpaired) electrons. The molecule has 3 fully saturated rings. The van der Waals surface area contributed by atoms with Gasteiger partial charge in [-0.3, -0.25) is 0 Å². The molecule has 2 nitrogen and oxygen atoms in total. The second kappa shape index (κ2) is 4.79. The molecule has 2 aliphatic carbocycles. The van der Waals surface area contributed by atoms with E-state index in [0.29, 0.717) is 5.41 Å². The summed E-state index contributed by atoms with van der Waals surface area (Å²) in [5, 5.41) is 3.88. The van der Waals surface area contributed by atoms with Gasteiger partial charge < -0.3 is 10.2 Å². The molecule has 104 valence electrons. The lowest BCUT2D eigenvalue weighted by Gasteiger charge is -2.21. The van der Waals surface area contributed by atoms with E-state index in [4.69, 9.17) is 0 Å². The number of nitrogens with one attached hydrogen (secondary N) is 1. The fourth-order valence-corrected chi connectivity index (χ4v) is 4.29. The zero-order chi connectivity index (χ0) is 12.8. The van der Waals surface area contributed by atoms with E-state index < -0.39 is 0 Å². The van der Waals surface area contributed by atoms with Gasteiger partial charge in [-0.1, -0.05) is 20.8 Å². The molecule has 1 heterocycles. The molecule has 0 aromatic carbocycles. The summed E-state index contributed by atoms with van der Waals surface area (Å²) >= 11 is 0. The minimum absolute atomic E-state index is 0.562. The Labute approximate surface area is 113 Å². The van der Waals surface area contributed by atoms with Crippen molar-refractivity contribution in [2.75, 3.05) is 19.6 Å². The van der Waals surface area contributed by atoms with Crippen LogP contribution in [0.4, 0.5) is 0 Å². The van der Waals surface area contributed by atoms with Crippen LogP contribution in [0.1, 0.15) is 52.9 Å². The first kappa shape index (κ1) is 12.9. The van der Waals surface area contributed by atoms with Crippen LogP contribution >= 0.6 is 0 Å². The minimum atomic E-state index is 0.562. The van der Waals surface area contributed by atoms with Gasteiger partial charge in [0.15, 0.2) is 0 Å². The van der Waals surface area contributed by atoms with Crippen molar-refractivity contribution in [3.63, 3.8) is 0 Å². The summed E-state index contributed by atoms with van der Waals surface area (Å²) in [5.74, 6) is 1.78. The van der Waals surface area contributed by atoms with Crippen molar-refractivity contribution >= 4 is 0 Å². The molecular weight excluding hydrogens is 220 g/mol. The first-order valence-electron chi connectivity index (χ1n) is 8.01. The number of rotatable bonds is 4. The predicted octanol–water partition coefficient (Wildman–Crippen LogP) is 2.89. The summed E-state index contributed by atoms with van der Waals surface area (Å²) in [6.07, 6.45) is 7.12. The maximum Gasteiger partial charge on any atom is 0.00980 e. The average molecular weight is 250 g/mol. The summed E-state index contributed by atoms with van der Waals surface area (Å²) in [6.45, 7) is 11.3. The SMILES string of the molecule is CC1CC(C)(C)CC1NCC1CCN(C2CC2)C1. The van der Waals surface area contributed by atoms with E-state index >= 15 is 0 Å². The number of hydrogen-bond acceptors (Lipinski definition) is 2. The fourth-order valence-electron chi connectivity index (χ4n) is 4.29. The maximum absolute atomic E-state index is 3.88. The topological polar surface area (TPSA) is 15.3 Å². The molecule has 3 atom stereocenters. The van der Waals surface area contributed by atoms with Gasteiger partial charge in [-0.2, -0.15) is 0 Å². The minimum Gasteiger partial charge on any atom is -0.313 e. The highest BCUT2D eigenvalue weighted by Crippen LogP contribution is 2.41.